The number of rotatable bonds is 8. The van der Waals surface area contributed by atoms with Crippen LogP contribution in [0.2, 0.25) is 0 Å². The number of nitrogens with one attached hydrogen (secondary N) is 1. The first kappa shape index (κ1) is 20.4. The molecule has 7 nitrogen and oxygen atoms in total. The van der Waals surface area contributed by atoms with Crippen LogP contribution in [0.5, 0.6) is 0 Å². The highest BCUT2D eigenvalue weighted by Crippen LogP contribution is 2.22. The topological polar surface area (TPSA) is 90.5 Å². The minimum absolute atomic E-state index is 0.0392. The quantitative estimate of drug-likeness (QED) is 0.590. The van der Waals surface area contributed by atoms with E-state index < -0.39 is 11.7 Å². The summed E-state index contributed by atoms with van der Waals surface area (Å²) in [6.07, 6.45) is 1.54. The van der Waals surface area contributed by atoms with Crippen molar-refractivity contribution < 1.29 is 18.7 Å². The van der Waals surface area contributed by atoms with Crippen LogP contribution in [0.3, 0.4) is 0 Å². The predicted molar refractivity (Wildman–Crippen MR) is 110 cm³/mol. The average molecular weight is 396 g/mol. The summed E-state index contributed by atoms with van der Waals surface area (Å²) < 4.78 is 11.6. The minimum atomic E-state index is -0.558. The van der Waals surface area contributed by atoms with Crippen molar-refractivity contribution >= 4 is 28.7 Å². The second kappa shape index (κ2) is 9.23. The number of fused-ring (bicyclic) bond motifs is 1. The lowest BCUT2D eigenvalue weighted by molar-refractivity contribution is -0.147. The summed E-state index contributed by atoms with van der Waals surface area (Å²) in [5.74, 6) is -1.48. The molecule has 1 aromatic heterocycles. The van der Waals surface area contributed by atoms with Crippen LogP contribution in [0.4, 0.5) is 5.69 Å². The smallest absolute Gasteiger partial charge is 0.419 e. The van der Waals surface area contributed by atoms with Crippen molar-refractivity contribution in [2.45, 2.75) is 39.7 Å². The molecule has 3 aromatic rings. The van der Waals surface area contributed by atoms with E-state index in [0.29, 0.717) is 11.1 Å². The zero-order chi connectivity index (χ0) is 20.8. The van der Waals surface area contributed by atoms with E-state index in [1.807, 2.05) is 32.0 Å². The third kappa shape index (κ3) is 4.74. The number of oxazole rings is 1. The molecule has 0 unspecified atom stereocenters. The van der Waals surface area contributed by atoms with Crippen LogP contribution in [-0.2, 0) is 33.7 Å². The first-order valence-corrected chi connectivity index (χ1v) is 9.68. The van der Waals surface area contributed by atoms with Crippen LogP contribution in [0.25, 0.3) is 11.1 Å². The van der Waals surface area contributed by atoms with E-state index in [2.05, 4.69) is 5.32 Å². The zero-order valence-electron chi connectivity index (χ0n) is 16.6. The molecule has 0 aliphatic heterocycles. The summed E-state index contributed by atoms with van der Waals surface area (Å²) in [6, 6.07) is 12.9. The first-order valence-electron chi connectivity index (χ1n) is 9.68. The second-order valence-electron chi connectivity index (χ2n) is 6.60. The van der Waals surface area contributed by atoms with Crippen LogP contribution >= 0.6 is 0 Å². The van der Waals surface area contributed by atoms with Gasteiger partial charge in [0.2, 0.25) is 0 Å². The van der Waals surface area contributed by atoms with Gasteiger partial charge in [0.15, 0.2) is 12.2 Å². The minimum Gasteiger partial charge on any atom is -0.456 e. The Morgan fingerprint density at radius 1 is 1.03 bits per heavy atom. The summed E-state index contributed by atoms with van der Waals surface area (Å²) >= 11 is 0. The summed E-state index contributed by atoms with van der Waals surface area (Å²) in [5, 5.41) is 2.85. The van der Waals surface area contributed by atoms with Gasteiger partial charge < -0.3 is 14.5 Å². The van der Waals surface area contributed by atoms with Gasteiger partial charge in [-0.1, -0.05) is 44.2 Å². The molecule has 0 atom stereocenters. The van der Waals surface area contributed by atoms with Gasteiger partial charge in [-0.2, -0.15) is 0 Å². The number of hydrogen-bond acceptors (Lipinski definition) is 5. The van der Waals surface area contributed by atoms with E-state index in [4.69, 9.17) is 9.15 Å². The third-order valence-electron chi connectivity index (χ3n) is 4.74. The number of aryl methyl sites for hydroxylation is 3. The number of aromatic nitrogens is 1. The average Bonchev–Trinajstić information content (AvgIpc) is 3.05. The number of para-hydroxylation sites is 3. The Bertz CT molecular complexity index is 1060. The third-order valence-corrected chi connectivity index (χ3v) is 4.74. The van der Waals surface area contributed by atoms with Crippen LogP contribution in [0, 0.1) is 0 Å². The maximum Gasteiger partial charge on any atom is 0.419 e. The molecule has 2 aromatic carbocycles. The molecule has 0 aliphatic carbocycles. The normalized spacial score (nSPS) is 10.8. The zero-order valence-corrected chi connectivity index (χ0v) is 16.6. The molecule has 0 bridgehead atoms. The Balaban J connectivity index is 1.55. The maximum atomic E-state index is 12.3. The molecular weight excluding hydrogens is 372 g/mol. The van der Waals surface area contributed by atoms with Gasteiger partial charge in [0.25, 0.3) is 5.91 Å². The van der Waals surface area contributed by atoms with Crippen molar-refractivity contribution in [2.24, 2.45) is 0 Å². The number of anilines is 1. The number of carbonyl (C=O) groups excluding carboxylic acids is 2. The molecule has 29 heavy (non-hydrogen) atoms. The molecule has 0 spiro atoms. The van der Waals surface area contributed by atoms with Gasteiger partial charge >= 0.3 is 11.7 Å². The van der Waals surface area contributed by atoms with Gasteiger partial charge in [0.05, 0.1) is 11.9 Å². The van der Waals surface area contributed by atoms with E-state index in [1.165, 1.54) is 4.57 Å². The van der Waals surface area contributed by atoms with Crippen molar-refractivity contribution in [1.82, 2.24) is 4.57 Å². The molecule has 0 saturated heterocycles. The Morgan fingerprint density at radius 3 is 2.41 bits per heavy atom. The molecule has 7 heteroatoms. The Kier molecular flexibility index (Phi) is 6.49. The van der Waals surface area contributed by atoms with Gasteiger partial charge in [-0.3, -0.25) is 14.2 Å². The maximum absolute atomic E-state index is 12.3. The van der Waals surface area contributed by atoms with E-state index >= 15 is 0 Å². The molecule has 0 aliphatic rings. The SMILES string of the molecule is CCc1cccc(CC)c1NC(=O)COC(=O)CCn1c(=O)oc2ccccc21. The number of esters is 1. The lowest BCUT2D eigenvalue weighted by atomic mass is 10.0. The molecule has 0 saturated carbocycles. The van der Waals surface area contributed by atoms with Crippen LogP contribution < -0.4 is 11.1 Å². The summed E-state index contributed by atoms with van der Waals surface area (Å²) in [4.78, 5) is 36.2. The molecule has 1 amide bonds. The second-order valence-corrected chi connectivity index (χ2v) is 6.60. The highest BCUT2D eigenvalue weighted by molar-refractivity contribution is 5.94. The van der Waals surface area contributed by atoms with Crippen molar-refractivity contribution in [1.29, 1.82) is 0 Å². The van der Waals surface area contributed by atoms with Crippen LogP contribution in [-0.4, -0.2) is 23.1 Å². The lowest BCUT2D eigenvalue weighted by Crippen LogP contribution is -2.23. The van der Waals surface area contributed by atoms with Crippen molar-refractivity contribution in [3.63, 3.8) is 0 Å². The Hall–Kier alpha value is -3.35. The molecule has 1 N–H and O–H groups in total. The summed E-state index contributed by atoms with van der Waals surface area (Å²) in [6.45, 7) is 3.79. The fraction of sp³-hybridized carbons (Fsp3) is 0.318. The largest absolute Gasteiger partial charge is 0.456 e. The number of hydrogen-bond donors (Lipinski definition) is 1. The highest BCUT2D eigenvalue weighted by Gasteiger charge is 2.14. The molecule has 152 valence electrons. The van der Waals surface area contributed by atoms with Gasteiger partial charge in [-0.25, -0.2) is 4.79 Å². The number of carbonyl (C=O) groups is 2. The van der Waals surface area contributed by atoms with Crippen molar-refractivity contribution in [3.8, 4) is 0 Å². The standard InChI is InChI=1S/C22H24N2O5/c1-3-15-8-7-9-16(4-2)21(15)23-19(25)14-28-20(26)12-13-24-17-10-5-6-11-18(17)29-22(24)27/h5-11H,3-4,12-14H2,1-2H3,(H,23,25). The van der Waals surface area contributed by atoms with Crippen molar-refractivity contribution in [2.75, 3.05) is 11.9 Å². The van der Waals surface area contributed by atoms with E-state index in [-0.39, 0.29) is 25.5 Å². The number of ether oxygens (including phenoxy) is 1. The molecule has 3 rings (SSSR count). The van der Waals surface area contributed by atoms with Crippen LogP contribution in [0.15, 0.2) is 51.7 Å². The van der Waals surface area contributed by atoms with Gasteiger partial charge in [-0.15, -0.1) is 0 Å². The molecular formula is C22H24N2O5. The Labute approximate surface area is 168 Å². The van der Waals surface area contributed by atoms with E-state index in [0.717, 1.165) is 29.7 Å². The van der Waals surface area contributed by atoms with E-state index in [1.54, 1.807) is 24.3 Å². The monoisotopic (exact) mass is 396 g/mol. The number of nitrogens with zero attached hydrogens (tertiary/aromatic N) is 1. The number of benzene rings is 2. The molecule has 0 radical (unpaired) electrons. The van der Waals surface area contributed by atoms with Gasteiger partial charge in [0.1, 0.15) is 0 Å². The molecule has 1 heterocycles. The fourth-order valence-electron chi connectivity index (χ4n) is 3.23. The van der Waals surface area contributed by atoms with E-state index in [9.17, 15) is 14.4 Å². The fourth-order valence-corrected chi connectivity index (χ4v) is 3.23. The van der Waals surface area contributed by atoms with Gasteiger partial charge in [0, 0.05) is 12.2 Å². The van der Waals surface area contributed by atoms with Crippen molar-refractivity contribution in [3.05, 3.63) is 64.1 Å². The first-order chi connectivity index (χ1) is 14.0. The lowest BCUT2D eigenvalue weighted by Gasteiger charge is -2.14. The van der Waals surface area contributed by atoms with Gasteiger partial charge in [-0.05, 0) is 36.1 Å². The predicted octanol–water partition coefficient (Wildman–Crippen LogP) is 3.29. The highest BCUT2D eigenvalue weighted by atomic mass is 16.5. The molecule has 0 fully saturated rings. The number of amides is 1. The summed E-state index contributed by atoms with van der Waals surface area (Å²) in [7, 11) is 0. The summed E-state index contributed by atoms with van der Waals surface area (Å²) in [5.41, 5.74) is 3.94. The van der Waals surface area contributed by atoms with Crippen LogP contribution in [0.1, 0.15) is 31.4 Å². The Morgan fingerprint density at radius 2 is 1.72 bits per heavy atom.